The van der Waals surface area contributed by atoms with Crippen molar-refractivity contribution in [2.24, 2.45) is 0 Å². The van der Waals surface area contributed by atoms with Crippen LogP contribution in [-0.2, 0) is 16.1 Å². The quantitative estimate of drug-likeness (QED) is 0.276. The van der Waals surface area contributed by atoms with Crippen molar-refractivity contribution in [3.63, 3.8) is 0 Å². The van der Waals surface area contributed by atoms with Crippen LogP contribution in [0.3, 0.4) is 0 Å². The van der Waals surface area contributed by atoms with Crippen LogP contribution in [0.4, 0.5) is 9.59 Å². The van der Waals surface area contributed by atoms with Gasteiger partial charge in [-0.1, -0.05) is 60.2 Å². The number of halogens is 1. The van der Waals surface area contributed by atoms with E-state index in [1.54, 1.807) is 20.8 Å². The van der Waals surface area contributed by atoms with E-state index in [4.69, 9.17) is 21.1 Å². The van der Waals surface area contributed by atoms with Crippen LogP contribution in [0.2, 0.25) is 5.15 Å². The second-order valence-electron chi connectivity index (χ2n) is 8.52. The summed E-state index contributed by atoms with van der Waals surface area (Å²) in [5, 5.41) is 3.08. The summed E-state index contributed by atoms with van der Waals surface area (Å²) in [5.74, 6) is 0. The number of carbonyl (C=O) groups excluding carboxylic acids is 2. The Morgan fingerprint density at radius 1 is 1.15 bits per heavy atom. The topological polar surface area (TPSA) is 80.8 Å². The van der Waals surface area contributed by atoms with Gasteiger partial charge < -0.3 is 14.8 Å². The summed E-state index contributed by atoms with van der Waals surface area (Å²) >= 11 is 6.15. The molecule has 0 spiro atoms. The highest BCUT2D eigenvalue weighted by Crippen LogP contribution is 2.16. The van der Waals surface area contributed by atoms with Crippen molar-refractivity contribution in [2.75, 3.05) is 13.2 Å². The Morgan fingerprint density at radius 3 is 2.55 bits per heavy atom. The summed E-state index contributed by atoms with van der Waals surface area (Å²) in [6.07, 6.45) is 4.17. The highest BCUT2D eigenvalue weighted by Gasteiger charge is 2.22. The SMILES string of the molecule is Cc1ccc(/C=C/CCCN(CNC(=O)OCc2ccccc2)C(=O)OC(C)(C)C)c(Cl)n1. The molecule has 178 valence electrons. The maximum atomic E-state index is 12.6. The summed E-state index contributed by atoms with van der Waals surface area (Å²) in [5.41, 5.74) is 1.94. The number of benzene rings is 1. The Hall–Kier alpha value is -3.06. The van der Waals surface area contributed by atoms with Gasteiger partial charge in [-0.25, -0.2) is 14.6 Å². The molecule has 0 fully saturated rings. The molecule has 7 nitrogen and oxygen atoms in total. The second-order valence-corrected chi connectivity index (χ2v) is 8.88. The van der Waals surface area contributed by atoms with E-state index in [-0.39, 0.29) is 13.3 Å². The van der Waals surface area contributed by atoms with Gasteiger partial charge in [-0.15, -0.1) is 0 Å². The van der Waals surface area contributed by atoms with Crippen molar-refractivity contribution in [1.29, 1.82) is 0 Å². The van der Waals surface area contributed by atoms with Gasteiger partial charge in [-0.05, 0) is 52.2 Å². The zero-order valence-corrected chi connectivity index (χ0v) is 20.4. The largest absolute Gasteiger partial charge is 0.445 e. The minimum absolute atomic E-state index is 0.0139. The van der Waals surface area contributed by atoms with Gasteiger partial charge in [0.05, 0.1) is 6.67 Å². The molecule has 8 heteroatoms. The normalized spacial score (nSPS) is 11.3. The highest BCUT2D eigenvalue weighted by atomic mass is 35.5. The molecule has 0 unspecified atom stereocenters. The Kier molecular flexibility index (Phi) is 10.2. The van der Waals surface area contributed by atoms with Gasteiger partial charge in [0.2, 0.25) is 0 Å². The van der Waals surface area contributed by atoms with Crippen molar-refractivity contribution < 1.29 is 19.1 Å². The first-order valence-corrected chi connectivity index (χ1v) is 11.2. The van der Waals surface area contributed by atoms with Gasteiger partial charge in [-0.2, -0.15) is 0 Å². The maximum Gasteiger partial charge on any atom is 0.411 e. The van der Waals surface area contributed by atoms with Gasteiger partial charge in [-0.3, -0.25) is 4.90 Å². The van der Waals surface area contributed by atoms with E-state index in [1.807, 2.05) is 61.5 Å². The number of carbonyl (C=O) groups is 2. The predicted molar refractivity (Wildman–Crippen MR) is 130 cm³/mol. The number of aryl methyl sites for hydroxylation is 1. The van der Waals surface area contributed by atoms with Gasteiger partial charge in [0.15, 0.2) is 0 Å². The van der Waals surface area contributed by atoms with Gasteiger partial charge >= 0.3 is 12.2 Å². The Balaban J connectivity index is 1.85. The van der Waals surface area contributed by atoms with E-state index >= 15 is 0 Å². The molecule has 1 N–H and O–H groups in total. The minimum atomic E-state index is -0.641. The number of rotatable bonds is 9. The molecular formula is C25H32ClN3O4. The number of ether oxygens (including phenoxy) is 2. The van der Waals surface area contributed by atoms with Crippen molar-refractivity contribution in [2.45, 2.75) is 52.7 Å². The molecule has 1 heterocycles. The molecule has 0 bridgehead atoms. The van der Waals surface area contributed by atoms with Gasteiger partial charge in [0, 0.05) is 17.8 Å². The standard InChI is InChI=1S/C25H32ClN3O4/c1-19-14-15-21(22(26)28-19)13-9-6-10-16-29(24(31)33-25(2,3)4)18-27-23(30)32-17-20-11-7-5-8-12-20/h5,7-9,11-15H,6,10,16-18H2,1-4H3,(H,27,30)/b13-9+. The molecule has 1 aromatic carbocycles. The molecule has 0 saturated carbocycles. The lowest BCUT2D eigenvalue weighted by atomic mass is 10.2. The molecule has 0 radical (unpaired) electrons. The van der Waals surface area contributed by atoms with Crippen LogP contribution in [0.15, 0.2) is 48.5 Å². The van der Waals surface area contributed by atoms with Crippen molar-refractivity contribution in [3.05, 3.63) is 70.5 Å². The van der Waals surface area contributed by atoms with E-state index in [1.165, 1.54) is 4.90 Å². The third-order valence-electron chi connectivity index (χ3n) is 4.39. The zero-order chi connectivity index (χ0) is 24.3. The number of pyridine rings is 1. The fourth-order valence-electron chi connectivity index (χ4n) is 2.77. The number of amides is 2. The van der Waals surface area contributed by atoms with Crippen molar-refractivity contribution in [1.82, 2.24) is 15.2 Å². The van der Waals surface area contributed by atoms with E-state index < -0.39 is 17.8 Å². The molecule has 33 heavy (non-hydrogen) atoms. The van der Waals surface area contributed by atoms with Gasteiger partial charge in [0.1, 0.15) is 17.4 Å². The Bertz CT molecular complexity index is 942. The number of unbranched alkanes of at least 4 members (excludes halogenated alkanes) is 1. The number of allylic oxidation sites excluding steroid dienone is 1. The van der Waals surface area contributed by atoms with E-state index in [9.17, 15) is 9.59 Å². The first-order valence-electron chi connectivity index (χ1n) is 10.9. The molecule has 0 aliphatic heterocycles. The van der Waals surface area contributed by atoms with Crippen LogP contribution < -0.4 is 5.32 Å². The van der Waals surface area contributed by atoms with E-state index in [0.717, 1.165) is 16.8 Å². The van der Waals surface area contributed by atoms with Crippen LogP contribution in [0, 0.1) is 6.92 Å². The van der Waals surface area contributed by atoms with Crippen LogP contribution in [-0.4, -0.2) is 40.9 Å². The lowest BCUT2D eigenvalue weighted by Gasteiger charge is -2.27. The first kappa shape index (κ1) is 26.2. The Labute approximate surface area is 200 Å². The zero-order valence-electron chi connectivity index (χ0n) is 19.6. The second kappa shape index (κ2) is 12.8. The molecule has 0 atom stereocenters. The van der Waals surface area contributed by atoms with Gasteiger partial charge in [0.25, 0.3) is 0 Å². The predicted octanol–water partition coefficient (Wildman–Crippen LogP) is 5.96. The van der Waals surface area contributed by atoms with Crippen molar-refractivity contribution >= 4 is 29.9 Å². The van der Waals surface area contributed by atoms with E-state index in [2.05, 4.69) is 10.3 Å². The van der Waals surface area contributed by atoms with Crippen LogP contribution in [0.1, 0.15) is 50.4 Å². The highest BCUT2D eigenvalue weighted by molar-refractivity contribution is 6.30. The lowest BCUT2D eigenvalue weighted by Crippen LogP contribution is -2.44. The molecule has 2 rings (SSSR count). The van der Waals surface area contributed by atoms with Crippen LogP contribution in [0.5, 0.6) is 0 Å². The molecule has 0 aliphatic rings. The number of hydrogen-bond acceptors (Lipinski definition) is 5. The number of nitrogens with zero attached hydrogens (tertiary/aromatic N) is 2. The average molecular weight is 474 g/mol. The smallest absolute Gasteiger partial charge is 0.411 e. The first-order chi connectivity index (χ1) is 15.6. The minimum Gasteiger partial charge on any atom is -0.445 e. The number of nitrogens with one attached hydrogen (secondary N) is 1. The summed E-state index contributed by atoms with van der Waals surface area (Å²) in [6.45, 7) is 7.82. The van der Waals surface area contributed by atoms with E-state index in [0.29, 0.717) is 24.5 Å². The third-order valence-corrected chi connectivity index (χ3v) is 4.69. The average Bonchev–Trinajstić information content (AvgIpc) is 2.74. The Morgan fingerprint density at radius 2 is 1.88 bits per heavy atom. The monoisotopic (exact) mass is 473 g/mol. The lowest BCUT2D eigenvalue weighted by molar-refractivity contribution is 0.0231. The molecule has 0 aliphatic carbocycles. The number of aromatic nitrogens is 1. The molecule has 2 aromatic rings. The van der Waals surface area contributed by atoms with Crippen LogP contribution >= 0.6 is 11.6 Å². The summed E-state index contributed by atoms with van der Waals surface area (Å²) < 4.78 is 10.7. The molecule has 2 amide bonds. The fourth-order valence-corrected chi connectivity index (χ4v) is 3.03. The molecule has 1 aromatic heterocycles. The summed E-state index contributed by atoms with van der Waals surface area (Å²) in [4.78, 5) is 30.3. The number of hydrogen-bond donors (Lipinski definition) is 1. The molecular weight excluding hydrogens is 442 g/mol. The summed E-state index contributed by atoms with van der Waals surface area (Å²) in [6, 6.07) is 13.2. The summed E-state index contributed by atoms with van der Waals surface area (Å²) in [7, 11) is 0. The van der Waals surface area contributed by atoms with Crippen LogP contribution in [0.25, 0.3) is 6.08 Å². The maximum absolute atomic E-state index is 12.6. The molecule has 0 saturated heterocycles. The number of alkyl carbamates (subject to hydrolysis) is 1. The van der Waals surface area contributed by atoms with Crippen molar-refractivity contribution in [3.8, 4) is 0 Å². The third kappa shape index (κ3) is 10.4. The fraction of sp³-hybridized carbons (Fsp3) is 0.400.